The highest BCUT2D eigenvalue weighted by atomic mass is 15.1. The largest absolute Gasteiger partial charge is 0.314 e. The van der Waals surface area contributed by atoms with Crippen LogP contribution in [0.1, 0.15) is 112 Å². The Balaban J connectivity index is 2.58. The Kier molecular flexibility index (Phi) is 13.8. The van der Waals surface area contributed by atoms with Crippen LogP contribution in [0, 0.1) is 29.6 Å². The molecule has 0 amide bonds. The molecule has 0 saturated heterocycles. The van der Waals surface area contributed by atoms with Crippen LogP contribution in [0.25, 0.3) is 0 Å². The molecule has 0 aromatic rings. The number of hydrogen-bond donors (Lipinski definition) is 1. The van der Waals surface area contributed by atoms with E-state index in [2.05, 4.69) is 65.9 Å². The van der Waals surface area contributed by atoms with Crippen LogP contribution in [-0.4, -0.2) is 37.6 Å². The Bertz CT molecular complexity index is 394. The summed E-state index contributed by atoms with van der Waals surface area (Å²) < 4.78 is 0. The summed E-state index contributed by atoms with van der Waals surface area (Å²) in [5.74, 6) is 4.28. The smallest absolute Gasteiger partial charge is 0.0117 e. The lowest BCUT2D eigenvalue weighted by Crippen LogP contribution is -2.38. The Labute approximate surface area is 185 Å². The van der Waals surface area contributed by atoms with Crippen molar-refractivity contribution in [3.05, 3.63) is 0 Å². The lowest BCUT2D eigenvalue weighted by molar-refractivity contribution is 0.139. The maximum Gasteiger partial charge on any atom is 0.0117 e. The third-order valence-corrected chi connectivity index (χ3v) is 8.25. The highest BCUT2D eigenvalue weighted by Crippen LogP contribution is 2.38. The number of nitrogens with one attached hydrogen (secondary N) is 1. The standard InChI is InChI=1S/C27H56N2/c1-9-12-17-27(29(7)8)23(6)21(4)19-24(11-3)20-22(5)25-15-14-16-26(25)28-18-13-10-2/h21-28H,9-20H2,1-8H3. The average Bonchev–Trinajstić information content (AvgIpc) is 3.16. The quantitative estimate of drug-likeness (QED) is 0.268. The molecule has 1 aliphatic rings. The summed E-state index contributed by atoms with van der Waals surface area (Å²) in [4.78, 5) is 2.49. The lowest BCUT2D eigenvalue weighted by Gasteiger charge is -2.36. The molecular formula is C27H56N2. The Hall–Kier alpha value is -0.0800. The van der Waals surface area contributed by atoms with Gasteiger partial charge in [-0.25, -0.2) is 0 Å². The van der Waals surface area contributed by atoms with Crippen molar-refractivity contribution in [3.63, 3.8) is 0 Å². The molecule has 29 heavy (non-hydrogen) atoms. The molecule has 1 fully saturated rings. The molecule has 1 N–H and O–H groups in total. The SMILES string of the molecule is CCCCNC1CCCC1C(C)CC(CC)CC(C)C(C)C(CCCC)N(C)C. The molecule has 7 atom stereocenters. The zero-order valence-corrected chi connectivity index (χ0v) is 21.5. The second-order valence-corrected chi connectivity index (χ2v) is 10.7. The van der Waals surface area contributed by atoms with Crippen LogP contribution in [0.4, 0.5) is 0 Å². The van der Waals surface area contributed by atoms with Crippen molar-refractivity contribution in [1.82, 2.24) is 10.2 Å². The molecule has 174 valence electrons. The maximum absolute atomic E-state index is 3.91. The first-order valence-corrected chi connectivity index (χ1v) is 13.2. The van der Waals surface area contributed by atoms with Gasteiger partial charge in [-0.2, -0.15) is 0 Å². The summed E-state index contributed by atoms with van der Waals surface area (Å²) >= 11 is 0. The number of rotatable bonds is 16. The molecule has 7 unspecified atom stereocenters. The van der Waals surface area contributed by atoms with Crippen molar-refractivity contribution < 1.29 is 0 Å². The molecule has 0 spiro atoms. The van der Waals surface area contributed by atoms with Crippen LogP contribution in [-0.2, 0) is 0 Å². The summed E-state index contributed by atoms with van der Waals surface area (Å²) in [5.41, 5.74) is 0. The van der Waals surface area contributed by atoms with Crippen molar-refractivity contribution in [2.75, 3.05) is 20.6 Å². The lowest BCUT2D eigenvalue weighted by atomic mass is 9.75. The number of hydrogen-bond acceptors (Lipinski definition) is 2. The van der Waals surface area contributed by atoms with E-state index in [0.29, 0.717) is 0 Å². The van der Waals surface area contributed by atoms with Gasteiger partial charge in [-0.05, 0) is 88.8 Å². The van der Waals surface area contributed by atoms with Gasteiger partial charge in [0, 0.05) is 12.1 Å². The zero-order chi connectivity index (χ0) is 21.8. The van der Waals surface area contributed by atoms with Crippen LogP contribution in [0.2, 0.25) is 0 Å². The van der Waals surface area contributed by atoms with E-state index >= 15 is 0 Å². The molecule has 1 aliphatic carbocycles. The molecule has 0 aromatic heterocycles. The summed E-state index contributed by atoms with van der Waals surface area (Å²) in [6.07, 6.45) is 15.2. The van der Waals surface area contributed by atoms with Crippen molar-refractivity contribution in [3.8, 4) is 0 Å². The van der Waals surface area contributed by atoms with E-state index in [0.717, 1.165) is 41.7 Å². The second kappa shape index (κ2) is 14.8. The Morgan fingerprint density at radius 2 is 1.62 bits per heavy atom. The van der Waals surface area contributed by atoms with Gasteiger partial charge in [0.2, 0.25) is 0 Å². The van der Waals surface area contributed by atoms with Crippen LogP contribution in [0.15, 0.2) is 0 Å². The van der Waals surface area contributed by atoms with E-state index in [1.165, 1.54) is 77.2 Å². The molecule has 2 heteroatoms. The van der Waals surface area contributed by atoms with E-state index in [1.807, 2.05) is 0 Å². The van der Waals surface area contributed by atoms with Gasteiger partial charge in [0.15, 0.2) is 0 Å². The van der Waals surface area contributed by atoms with Gasteiger partial charge in [0.1, 0.15) is 0 Å². The van der Waals surface area contributed by atoms with Gasteiger partial charge < -0.3 is 10.2 Å². The molecular weight excluding hydrogens is 352 g/mol. The molecule has 1 rings (SSSR count). The summed E-state index contributed by atoms with van der Waals surface area (Å²) in [6.45, 7) is 15.9. The number of unbranched alkanes of at least 4 members (excludes halogenated alkanes) is 2. The van der Waals surface area contributed by atoms with E-state index < -0.39 is 0 Å². The van der Waals surface area contributed by atoms with Crippen LogP contribution in [0.3, 0.4) is 0 Å². The summed E-state index contributed by atoms with van der Waals surface area (Å²) in [7, 11) is 4.57. The zero-order valence-electron chi connectivity index (χ0n) is 21.5. The average molecular weight is 409 g/mol. The normalized spacial score (nSPS) is 25.1. The Morgan fingerprint density at radius 1 is 0.931 bits per heavy atom. The van der Waals surface area contributed by atoms with Gasteiger partial charge in [-0.3, -0.25) is 0 Å². The molecule has 0 aromatic carbocycles. The fourth-order valence-electron chi connectivity index (χ4n) is 6.04. The third kappa shape index (κ3) is 9.30. The minimum atomic E-state index is 0.738. The van der Waals surface area contributed by atoms with E-state index in [9.17, 15) is 0 Å². The summed E-state index contributed by atoms with van der Waals surface area (Å²) in [6, 6.07) is 1.53. The first-order chi connectivity index (χ1) is 13.8. The second-order valence-electron chi connectivity index (χ2n) is 10.7. The van der Waals surface area contributed by atoms with E-state index in [-0.39, 0.29) is 0 Å². The molecule has 0 heterocycles. The minimum absolute atomic E-state index is 0.738. The molecule has 0 aliphatic heterocycles. The van der Waals surface area contributed by atoms with Gasteiger partial charge in [0.25, 0.3) is 0 Å². The van der Waals surface area contributed by atoms with Crippen molar-refractivity contribution in [1.29, 1.82) is 0 Å². The van der Waals surface area contributed by atoms with Crippen LogP contribution < -0.4 is 5.32 Å². The molecule has 0 bridgehead atoms. The predicted octanol–water partition coefficient (Wildman–Crippen LogP) is 7.38. The van der Waals surface area contributed by atoms with E-state index in [4.69, 9.17) is 0 Å². The fraction of sp³-hybridized carbons (Fsp3) is 1.00. The molecule has 2 nitrogen and oxygen atoms in total. The Morgan fingerprint density at radius 3 is 2.21 bits per heavy atom. The fourth-order valence-corrected chi connectivity index (χ4v) is 6.04. The number of nitrogens with zero attached hydrogens (tertiary/aromatic N) is 1. The van der Waals surface area contributed by atoms with Crippen LogP contribution >= 0.6 is 0 Å². The van der Waals surface area contributed by atoms with E-state index in [1.54, 1.807) is 0 Å². The molecule has 1 saturated carbocycles. The van der Waals surface area contributed by atoms with Crippen molar-refractivity contribution in [2.45, 2.75) is 124 Å². The first kappa shape index (κ1) is 27.0. The van der Waals surface area contributed by atoms with Crippen molar-refractivity contribution >= 4 is 0 Å². The highest BCUT2D eigenvalue weighted by molar-refractivity contribution is 4.87. The third-order valence-electron chi connectivity index (χ3n) is 8.25. The van der Waals surface area contributed by atoms with Gasteiger partial charge in [-0.15, -0.1) is 0 Å². The van der Waals surface area contributed by atoms with Gasteiger partial charge in [-0.1, -0.05) is 73.6 Å². The van der Waals surface area contributed by atoms with Crippen molar-refractivity contribution in [2.24, 2.45) is 29.6 Å². The molecule has 0 radical (unpaired) electrons. The topological polar surface area (TPSA) is 15.3 Å². The highest BCUT2D eigenvalue weighted by Gasteiger charge is 2.33. The monoisotopic (exact) mass is 408 g/mol. The van der Waals surface area contributed by atoms with Gasteiger partial charge in [0.05, 0.1) is 0 Å². The maximum atomic E-state index is 3.91. The van der Waals surface area contributed by atoms with Gasteiger partial charge >= 0.3 is 0 Å². The predicted molar refractivity (Wildman–Crippen MR) is 132 cm³/mol. The summed E-state index contributed by atoms with van der Waals surface area (Å²) in [5, 5.41) is 3.91. The first-order valence-electron chi connectivity index (χ1n) is 13.2. The minimum Gasteiger partial charge on any atom is -0.314 e. The van der Waals surface area contributed by atoms with Crippen LogP contribution in [0.5, 0.6) is 0 Å².